The SMILES string of the molecule is CC1C2=CCCC21C. The van der Waals surface area contributed by atoms with Crippen LogP contribution in [-0.4, -0.2) is 0 Å². The van der Waals surface area contributed by atoms with E-state index in [0.29, 0.717) is 5.41 Å². The van der Waals surface area contributed by atoms with Crippen molar-refractivity contribution in [1.82, 2.24) is 0 Å². The molecule has 0 spiro atoms. The molecule has 2 atom stereocenters. The van der Waals surface area contributed by atoms with Crippen molar-refractivity contribution in [1.29, 1.82) is 0 Å². The molecule has 0 aromatic carbocycles. The number of allylic oxidation sites excluding steroid dienone is 2. The Morgan fingerprint density at radius 2 is 2.50 bits per heavy atom. The van der Waals surface area contributed by atoms with Gasteiger partial charge in [-0.2, -0.15) is 0 Å². The highest BCUT2D eigenvalue weighted by Gasteiger charge is 2.54. The Kier molecular flexibility index (Phi) is 0.588. The van der Waals surface area contributed by atoms with Crippen LogP contribution in [0.15, 0.2) is 11.6 Å². The summed E-state index contributed by atoms with van der Waals surface area (Å²) < 4.78 is 0. The van der Waals surface area contributed by atoms with Gasteiger partial charge in [-0.05, 0) is 24.2 Å². The molecule has 0 N–H and O–H groups in total. The minimum atomic E-state index is 0.681. The molecule has 2 rings (SSSR count). The second-order valence-electron chi connectivity index (χ2n) is 3.34. The first-order valence-electron chi connectivity index (χ1n) is 3.46. The second-order valence-corrected chi connectivity index (χ2v) is 3.34. The Balaban J connectivity index is 2.35. The highest BCUT2D eigenvalue weighted by Crippen LogP contribution is 2.64. The fourth-order valence-electron chi connectivity index (χ4n) is 2.02. The third-order valence-corrected chi connectivity index (χ3v) is 3.03. The number of rotatable bonds is 0. The molecule has 0 heteroatoms. The lowest BCUT2D eigenvalue weighted by Crippen LogP contribution is -1.91. The molecule has 1 saturated carbocycles. The van der Waals surface area contributed by atoms with Crippen molar-refractivity contribution < 1.29 is 0 Å². The smallest absolute Gasteiger partial charge is 0.00475 e. The molecule has 0 saturated heterocycles. The van der Waals surface area contributed by atoms with Crippen LogP contribution in [0, 0.1) is 11.3 Å². The van der Waals surface area contributed by atoms with Crippen molar-refractivity contribution in [2.75, 3.05) is 0 Å². The summed E-state index contributed by atoms with van der Waals surface area (Å²) in [6, 6.07) is 0. The summed E-state index contributed by atoms with van der Waals surface area (Å²) in [5.74, 6) is 0.927. The van der Waals surface area contributed by atoms with Gasteiger partial charge in [0.2, 0.25) is 0 Å². The third kappa shape index (κ3) is 0.300. The monoisotopic (exact) mass is 108 g/mol. The van der Waals surface area contributed by atoms with Gasteiger partial charge in [0.1, 0.15) is 0 Å². The van der Waals surface area contributed by atoms with Gasteiger partial charge in [0.05, 0.1) is 0 Å². The predicted octanol–water partition coefficient (Wildman–Crippen LogP) is 2.36. The van der Waals surface area contributed by atoms with Crippen molar-refractivity contribution in [3.05, 3.63) is 11.6 Å². The number of hydrogen-bond acceptors (Lipinski definition) is 0. The Bertz CT molecular complexity index is 155. The van der Waals surface area contributed by atoms with Crippen LogP contribution in [0.4, 0.5) is 0 Å². The molecule has 0 heterocycles. The summed E-state index contributed by atoms with van der Waals surface area (Å²) in [4.78, 5) is 0. The lowest BCUT2D eigenvalue weighted by molar-refractivity contribution is 0.503. The Labute approximate surface area is 50.6 Å². The van der Waals surface area contributed by atoms with Gasteiger partial charge >= 0.3 is 0 Å². The molecule has 0 amide bonds. The van der Waals surface area contributed by atoms with Crippen molar-refractivity contribution in [2.24, 2.45) is 11.3 Å². The topological polar surface area (TPSA) is 0 Å². The summed E-state index contributed by atoms with van der Waals surface area (Å²) in [5.41, 5.74) is 2.41. The van der Waals surface area contributed by atoms with Crippen LogP contribution in [-0.2, 0) is 0 Å². The van der Waals surface area contributed by atoms with E-state index in [9.17, 15) is 0 Å². The molecule has 2 unspecified atom stereocenters. The van der Waals surface area contributed by atoms with Gasteiger partial charge in [-0.1, -0.05) is 25.5 Å². The quantitative estimate of drug-likeness (QED) is 0.418. The minimum Gasteiger partial charge on any atom is -0.0844 e. The van der Waals surface area contributed by atoms with Crippen molar-refractivity contribution in [3.8, 4) is 0 Å². The molecule has 8 heavy (non-hydrogen) atoms. The van der Waals surface area contributed by atoms with E-state index in [-0.39, 0.29) is 0 Å². The maximum Gasteiger partial charge on any atom is -0.00475 e. The summed E-state index contributed by atoms with van der Waals surface area (Å²) in [5, 5.41) is 0. The lowest BCUT2D eigenvalue weighted by Gasteiger charge is -2.00. The fourth-order valence-corrected chi connectivity index (χ4v) is 2.02. The molecule has 0 bridgehead atoms. The molecular weight excluding hydrogens is 96.1 g/mol. The molecule has 0 radical (unpaired) electrons. The van der Waals surface area contributed by atoms with E-state index < -0.39 is 0 Å². The zero-order valence-electron chi connectivity index (χ0n) is 5.57. The Morgan fingerprint density at radius 1 is 1.75 bits per heavy atom. The first kappa shape index (κ1) is 4.60. The Hall–Kier alpha value is -0.260. The summed E-state index contributed by atoms with van der Waals surface area (Å²) >= 11 is 0. The van der Waals surface area contributed by atoms with E-state index in [2.05, 4.69) is 19.9 Å². The minimum absolute atomic E-state index is 0.681. The highest BCUT2D eigenvalue weighted by atomic mass is 14.6. The zero-order chi connectivity index (χ0) is 5.78. The van der Waals surface area contributed by atoms with Gasteiger partial charge < -0.3 is 0 Å². The average Bonchev–Trinajstić information content (AvgIpc) is 2.23. The van der Waals surface area contributed by atoms with E-state index in [1.54, 1.807) is 5.57 Å². The molecule has 0 aromatic rings. The molecule has 0 aromatic heterocycles. The van der Waals surface area contributed by atoms with Gasteiger partial charge in [0.25, 0.3) is 0 Å². The van der Waals surface area contributed by atoms with Crippen molar-refractivity contribution >= 4 is 0 Å². The van der Waals surface area contributed by atoms with Crippen LogP contribution in [0.2, 0.25) is 0 Å². The predicted molar refractivity (Wildman–Crippen MR) is 34.6 cm³/mol. The van der Waals surface area contributed by atoms with Crippen LogP contribution in [0.25, 0.3) is 0 Å². The lowest BCUT2D eigenvalue weighted by atomic mass is 10.0. The maximum absolute atomic E-state index is 2.42. The molecule has 2 aliphatic rings. The summed E-state index contributed by atoms with van der Waals surface area (Å²) in [7, 11) is 0. The van der Waals surface area contributed by atoms with Gasteiger partial charge in [-0.3, -0.25) is 0 Å². The van der Waals surface area contributed by atoms with Crippen molar-refractivity contribution in [2.45, 2.75) is 26.7 Å². The van der Waals surface area contributed by atoms with Gasteiger partial charge in [0, 0.05) is 0 Å². The second kappa shape index (κ2) is 1.02. The van der Waals surface area contributed by atoms with E-state index in [1.807, 2.05) is 0 Å². The zero-order valence-corrected chi connectivity index (χ0v) is 5.57. The largest absolute Gasteiger partial charge is 0.0844 e. The van der Waals surface area contributed by atoms with E-state index in [1.165, 1.54) is 12.8 Å². The Morgan fingerprint density at radius 3 is 2.75 bits per heavy atom. The van der Waals surface area contributed by atoms with E-state index in [4.69, 9.17) is 0 Å². The van der Waals surface area contributed by atoms with Crippen LogP contribution < -0.4 is 0 Å². The fraction of sp³-hybridized carbons (Fsp3) is 0.750. The van der Waals surface area contributed by atoms with Gasteiger partial charge in [-0.15, -0.1) is 0 Å². The van der Waals surface area contributed by atoms with E-state index in [0.717, 1.165) is 5.92 Å². The molecule has 1 fully saturated rings. The van der Waals surface area contributed by atoms with Crippen LogP contribution >= 0.6 is 0 Å². The summed E-state index contributed by atoms with van der Waals surface area (Å²) in [6.45, 7) is 4.72. The highest BCUT2D eigenvalue weighted by molar-refractivity contribution is 5.39. The maximum atomic E-state index is 2.42. The molecule has 44 valence electrons. The normalized spacial score (nSPS) is 50.8. The average molecular weight is 108 g/mol. The summed E-state index contributed by atoms with van der Waals surface area (Å²) in [6.07, 6.45) is 5.18. The first-order chi connectivity index (χ1) is 3.75. The van der Waals surface area contributed by atoms with Crippen molar-refractivity contribution in [3.63, 3.8) is 0 Å². The van der Waals surface area contributed by atoms with Gasteiger partial charge in [-0.25, -0.2) is 0 Å². The molecule has 2 aliphatic carbocycles. The molecule has 0 nitrogen and oxygen atoms in total. The first-order valence-corrected chi connectivity index (χ1v) is 3.46. The number of hydrogen-bond donors (Lipinski definition) is 0. The van der Waals surface area contributed by atoms with Gasteiger partial charge in [0.15, 0.2) is 0 Å². The standard InChI is InChI=1S/C8H12/c1-6-7-4-3-5-8(6,7)2/h4,6H,3,5H2,1-2H3. The third-order valence-electron chi connectivity index (χ3n) is 3.03. The van der Waals surface area contributed by atoms with Crippen LogP contribution in [0.1, 0.15) is 26.7 Å². The van der Waals surface area contributed by atoms with E-state index >= 15 is 0 Å². The molecular formula is C8H12. The molecule has 0 aliphatic heterocycles. The van der Waals surface area contributed by atoms with Crippen LogP contribution in [0.5, 0.6) is 0 Å². The van der Waals surface area contributed by atoms with Crippen LogP contribution in [0.3, 0.4) is 0 Å². The number of fused-ring (bicyclic) bond motifs is 1.